The highest BCUT2D eigenvalue weighted by Crippen LogP contribution is 2.34. The Kier molecular flexibility index (Phi) is 6.71. The maximum absolute atomic E-state index is 13.6. The number of alkyl halides is 3. The second kappa shape index (κ2) is 9.60. The van der Waals surface area contributed by atoms with Crippen LogP contribution in [0.1, 0.15) is 29.3 Å². The first-order chi connectivity index (χ1) is 16.9. The smallest absolute Gasteiger partial charge is 0.364 e. The average Bonchev–Trinajstić information content (AvgIpc) is 3.15. The zero-order chi connectivity index (χ0) is 26.1. The highest BCUT2D eigenvalue weighted by atomic mass is 32.2. The van der Waals surface area contributed by atoms with Gasteiger partial charge in [-0.15, -0.1) is 0 Å². The Morgan fingerprint density at radius 1 is 1.14 bits per heavy atom. The summed E-state index contributed by atoms with van der Waals surface area (Å²) in [6.07, 6.45) is -3.85. The SMILES string of the molecule is CCS(=O)(=O)Nc1cc(C)cc(CNc2nc(Nc3ccc4c(c3)CC(=O)N4)ncc2C(F)(F)F)n1. The molecule has 0 saturated carbocycles. The van der Waals surface area contributed by atoms with Crippen molar-refractivity contribution in [3.05, 3.63) is 58.9 Å². The van der Waals surface area contributed by atoms with Crippen molar-refractivity contribution in [2.75, 3.05) is 26.4 Å². The van der Waals surface area contributed by atoms with E-state index in [1.165, 1.54) is 13.0 Å². The Hall–Kier alpha value is -3.94. The summed E-state index contributed by atoms with van der Waals surface area (Å²) in [5, 5.41) is 8.19. The number of hydrogen-bond donors (Lipinski definition) is 4. The van der Waals surface area contributed by atoms with Crippen molar-refractivity contribution in [3.8, 4) is 0 Å². The molecule has 2 aromatic heterocycles. The van der Waals surface area contributed by atoms with E-state index in [4.69, 9.17) is 0 Å². The van der Waals surface area contributed by atoms with Gasteiger partial charge in [0.1, 0.15) is 17.2 Å². The number of amides is 1. The monoisotopic (exact) mass is 521 g/mol. The largest absolute Gasteiger partial charge is 0.421 e. The van der Waals surface area contributed by atoms with E-state index in [0.717, 1.165) is 5.56 Å². The quantitative estimate of drug-likeness (QED) is 0.351. The number of aromatic nitrogens is 3. The maximum atomic E-state index is 13.6. The van der Waals surface area contributed by atoms with Crippen molar-refractivity contribution in [2.45, 2.75) is 33.0 Å². The molecule has 0 spiro atoms. The van der Waals surface area contributed by atoms with Gasteiger partial charge in [-0.3, -0.25) is 9.52 Å². The van der Waals surface area contributed by atoms with E-state index >= 15 is 0 Å². The minimum atomic E-state index is -4.72. The van der Waals surface area contributed by atoms with Crippen molar-refractivity contribution < 1.29 is 26.4 Å². The first-order valence-corrected chi connectivity index (χ1v) is 12.4. The van der Waals surface area contributed by atoms with Gasteiger partial charge in [0.25, 0.3) is 0 Å². The summed E-state index contributed by atoms with van der Waals surface area (Å²) < 4.78 is 66.8. The van der Waals surface area contributed by atoms with Crippen LogP contribution in [0.15, 0.2) is 36.5 Å². The van der Waals surface area contributed by atoms with E-state index in [2.05, 4.69) is 35.6 Å². The molecule has 14 heteroatoms. The average molecular weight is 522 g/mol. The molecule has 0 saturated heterocycles. The number of nitrogens with zero attached hydrogens (tertiary/aromatic N) is 3. The summed E-state index contributed by atoms with van der Waals surface area (Å²) in [4.78, 5) is 23.5. The standard InChI is InChI=1S/C22H22F3N7O3S/c1-3-36(34,35)32-18-7-12(2)6-15(28-18)10-26-20-16(22(23,24)25)11-27-21(31-20)29-14-4-5-17-13(8-14)9-19(33)30-17/h4-8,11H,3,9-10H2,1-2H3,(H,28,32)(H,30,33)(H2,26,27,29,31). The molecule has 4 N–H and O–H groups in total. The van der Waals surface area contributed by atoms with E-state index in [-0.39, 0.29) is 36.4 Å². The van der Waals surface area contributed by atoms with Crippen molar-refractivity contribution in [2.24, 2.45) is 0 Å². The number of pyridine rings is 1. The van der Waals surface area contributed by atoms with Gasteiger partial charge in [-0.25, -0.2) is 18.4 Å². The number of rotatable bonds is 8. The van der Waals surface area contributed by atoms with E-state index < -0.39 is 27.6 Å². The molecule has 0 radical (unpaired) electrons. The highest BCUT2D eigenvalue weighted by molar-refractivity contribution is 7.92. The zero-order valence-corrected chi connectivity index (χ0v) is 20.0. The number of sulfonamides is 1. The van der Waals surface area contributed by atoms with Gasteiger partial charge < -0.3 is 16.0 Å². The van der Waals surface area contributed by atoms with E-state index in [1.54, 1.807) is 31.2 Å². The number of halogens is 3. The van der Waals surface area contributed by atoms with Gasteiger partial charge >= 0.3 is 6.18 Å². The van der Waals surface area contributed by atoms with Crippen LogP contribution in [0.25, 0.3) is 0 Å². The summed E-state index contributed by atoms with van der Waals surface area (Å²) in [6.45, 7) is 3.02. The molecule has 0 bridgehead atoms. The first-order valence-electron chi connectivity index (χ1n) is 10.8. The zero-order valence-electron chi connectivity index (χ0n) is 19.2. The molecule has 4 rings (SSSR count). The second-order valence-corrected chi connectivity index (χ2v) is 10.1. The van der Waals surface area contributed by atoms with Gasteiger partial charge in [-0.05, 0) is 55.3 Å². The third-order valence-electron chi connectivity index (χ3n) is 5.18. The Morgan fingerprint density at radius 3 is 2.64 bits per heavy atom. The van der Waals surface area contributed by atoms with Gasteiger partial charge in [-0.1, -0.05) is 0 Å². The molecule has 1 aromatic carbocycles. The second-order valence-electron chi connectivity index (χ2n) is 8.06. The molecule has 0 aliphatic carbocycles. The predicted molar refractivity (Wildman–Crippen MR) is 128 cm³/mol. The third kappa shape index (κ3) is 6.00. The van der Waals surface area contributed by atoms with E-state index in [0.29, 0.717) is 28.8 Å². The summed E-state index contributed by atoms with van der Waals surface area (Å²) >= 11 is 0. The fourth-order valence-electron chi connectivity index (χ4n) is 3.51. The molecule has 36 heavy (non-hydrogen) atoms. The van der Waals surface area contributed by atoms with Crippen molar-refractivity contribution in [1.82, 2.24) is 15.0 Å². The molecule has 3 heterocycles. The lowest BCUT2D eigenvalue weighted by molar-refractivity contribution is -0.137. The van der Waals surface area contributed by atoms with Crippen LogP contribution in [-0.4, -0.2) is 35.0 Å². The number of nitrogens with one attached hydrogen (secondary N) is 4. The maximum Gasteiger partial charge on any atom is 0.421 e. The van der Waals surface area contributed by atoms with Gasteiger partial charge in [0.15, 0.2) is 0 Å². The fourth-order valence-corrected chi connectivity index (χ4v) is 4.08. The Labute approximate surface area is 204 Å². The number of aryl methyl sites for hydroxylation is 1. The topological polar surface area (TPSA) is 138 Å². The van der Waals surface area contributed by atoms with Gasteiger partial charge in [-0.2, -0.15) is 18.2 Å². The summed E-state index contributed by atoms with van der Waals surface area (Å²) in [5.41, 5.74) is 1.82. The first kappa shape index (κ1) is 25.2. The normalized spacial score (nSPS) is 13.2. The summed E-state index contributed by atoms with van der Waals surface area (Å²) in [7, 11) is -3.57. The Balaban J connectivity index is 1.57. The van der Waals surface area contributed by atoms with Crippen LogP contribution in [0.4, 0.5) is 42.1 Å². The van der Waals surface area contributed by atoms with Gasteiger partial charge in [0.2, 0.25) is 21.9 Å². The van der Waals surface area contributed by atoms with E-state index in [9.17, 15) is 26.4 Å². The third-order valence-corrected chi connectivity index (χ3v) is 6.46. The number of carbonyl (C=O) groups excluding carboxylic acids is 1. The van der Waals surface area contributed by atoms with Crippen molar-refractivity contribution in [3.63, 3.8) is 0 Å². The van der Waals surface area contributed by atoms with Crippen LogP contribution in [0.2, 0.25) is 0 Å². The van der Waals surface area contributed by atoms with Crippen LogP contribution < -0.4 is 20.7 Å². The molecule has 10 nitrogen and oxygen atoms in total. The molecule has 3 aromatic rings. The van der Waals surface area contributed by atoms with Crippen LogP contribution >= 0.6 is 0 Å². The molecule has 1 aliphatic heterocycles. The Bertz CT molecular complexity index is 1430. The molecule has 190 valence electrons. The van der Waals surface area contributed by atoms with Crippen molar-refractivity contribution in [1.29, 1.82) is 0 Å². The molecular formula is C22H22F3N7O3S. The minimum absolute atomic E-state index is 0.0688. The summed E-state index contributed by atoms with van der Waals surface area (Å²) in [6, 6.07) is 8.15. The number of anilines is 5. The van der Waals surface area contributed by atoms with Gasteiger partial charge in [0, 0.05) is 17.6 Å². The van der Waals surface area contributed by atoms with E-state index in [1.807, 2.05) is 0 Å². The molecule has 0 atom stereocenters. The lowest BCUT2D eigenvalue weighted by atomic mass is 10.1. The molecule has 1 aliphatic rings. The lowest BCUT2D eigenvalue weighted by Gasteiger charge is -2.15. The molecule has 0 fully saturated rings. The van der Waals surface area contributed by atoms with Crippen LogP contribution in [0, 0.1) is 6.92 Å². The lowest BCUT2D eigenvalue weighted by Crippen LogP contribution is -2.17. The van der Waals surface area contributed by atoms with Crippen LogP contribution in [0.5, 0.6) is 0 Å². The minimum Gasteiger partial charge on any atom is -0.364 e. The van der Waals surface area contributed by atoms with Crippen LogP contribution in [-0.2, 0) is 34.0 Å². The van der Waals surface area contributed by atoms with Crippen LogP contribution in [0.3, 0.4) is 0 Å². The number of fused-ring (bicyclic) bond motifs is 1. The molecule has 0 unspecified atom stereocenters. The summed E-state index contributed by atoms with van der Waals surface area (Å²) in [5.74, 6) is -0.790. The molecular weight excluding hydrogens is 499 g/mol. The molecule has 1 amide bonds. The Morgan fingerprint density at radius 2 is 1.92 bits per heavy atom. The predicted octanol–water partition coefficient (Wildman–Crippen LogP) is 3.81. The number of benzene rings is 1. The fraction of sp³-hybridized carbons (Fsp3) is 0.273. The van der Waals surface area contributed by atoms with Crippen molar-refractivity contribution >= 4 is 44.9 Å². The number of carbonyl (C=O) groups is 1. The van der Waals surface area contributed by atoms with Gasteiger partial charge in [0.05, 0.1) is 24.4 Å². The highest BCUT2D eigenvalue weighted by Gasteiger charge is 2.35. The number of hydrogen-bond acceptors (Lipinski definition) is 8.